The minimum atomic E-state index is -0.329. The highest BCUT2D eigenvalue weighted by Gasteiger charge is 2.26. The summed E-state index contributed by atoms with van der Waals surface area (Å²) in [6.07, 6.45) is 5.05. The number of hydrogen-bond donors (Lipinski definition) is 1. The molecule has 0 aromatic heterocycles. The largest absolute Gasteiger partial charge is 0.376 e. The van der Waals surface area contributed by atoms with E-state index in [1.54, 1.807) is 0 Å². The van der Waals surface area contributed by atoms with Gasteiger partial charge in [-0.2, -0.15) is 0 Å². The van der Waals surface area contributed by atoms with Crippen LogP contribution in [0.15, 0.2) is 0 Å². The molecule has 0 aromatic rings. The quantitative estimate of drug-likeness (QED) is 0.768. The maximum atomic E-state index is 12.1. The first-order valence-electron chi connectivity index (χ1n) is 6.85. The van der Waals surface area contributed by atoms with Crippen molar-refractivity contribution >= 4 is 5.91 Å². The van der Waals surface area contributed by atoms with Crippen molar-refractivity contribution in [2.24, 2.45) is 5.73 Å². The zero-order valence-corrected chi connectivity index (χ0v) is 11.2. The molecule has 0 bridgehead atoms. The Bertz CT molecular complexity index is 233. The Kier molecular flexibility index (Phi) is 6.52. The zero-order chi connectivity index (χ0) is 12.7. The molecule has 2 unspecified atom stereocenters. The van der Waals surface area contributed by atoms with Gasteiger partial charge in [0.2, 0.25) is 5.91 Å². The van der Waals surface area contributed by atoms with Crippen LogP contribution in [0.3, 0.4) is 0 Å². The van der Waals surface area contributed by atoms with Gasteiger partial charge in [-0.05, 0) is 25.7 Å². The molecule has 0 radical (unpaired) electrons. The van der Waals surface area contributed by atoms with Crippen molar-refractivity contribution in [1.29, 1.82) is 0 Å². The van der Waals surface area contributed by atoms with E-state index in [0.717, 1.165) is 51.8 Å². The molecule has 4 heteroatoms. The predicted molar refractivity (Wildman–Crippen MR) is 68.7 cm³/mol. The second-order valence-electron chi connectivity index (χ2n) is 4.81. The molecule has 1 amide bonds. The van der Waals surface area contributed by atoms with Gasteiger partial charge in [0, 0.05) is 19.7 Å². The van der Waals surface area contributed by atoms with E-state index < -0.39 is 0 Å². The second-order valence-corrected chi connectivity index (χ2v) is 4.81. The number of nitrogens with zero attached hydrogens (tertiary/aromatic N) is 1. The lowest BCUT2D eigenvalue weighted by molar-refractivity contribution is -0.136. The van der Waals surface area contributed by atoms with Gasteiger partial charge in [-0.25, -0.2) is 0 Å². The van der Waals surface area contributed by atoms with E-state index >= 15 is 0 Å². The first-order chi connectivity index (χ1) is 8.19. The Hall–Kier alpha value is -0.610. The van der Waals surface area contributed by atoms with Gasteiger partial charge in [0.15, 0.2) is 0 Å². The molecule has 4 nitrogen and oxygen atoms in total. The summed E-state index contributed by atoms with van der Waals surface area (Å²) in [7, 11) is 0. The number of ether oxygens (including phenoxy) is 1. The van der Waals surface area contributed by atoms with Crippen LogP contribution in [0.5, 0.6) is 0 Å². The molecule has 17 heavy (non-hydrogen) atoms. The first-order valence-corrected chi connectivity index (χ1v) is 6.85. The third-order valence-electron chi connectivity index (χ3n) is 3.16. The fourth-order valence-corrected chi connectivity index (χ4v) is 2.23. The highest BCUT2D eigenvalue weighted by atomic mass is 16.5. The topological polar surface area (TPSA) is 55.6 Å². The minimum Gasteiger partial charge on any atom is -0.376 e. The Morgan fingerprint density at radius 1 is 1.47 bits per heavy atom. The minimum absolute atomic E-state index is 0.0941. The Morgan fingerprint density at radius 3 is 2.88 bits per heavy atom. The normalized spacial score (nSPS) is 22.5. The van der Waals surface area contributed by atoms with Gasteiger partial charge < -0.3 is 15.4 Å². The van der Waals surface area contributed by atoms with Crippen molar-refractivity contribution in [1.82, 2.24) is 4.90 Å². The number of carbonyl (C=O) groups is 1. The Labute approximate surface area is 104 Å². The predicted octanol–water partition coefficient (Wildman–Crippen LogP) is 1.53. The summed E-state index contributed by atoms with van der Waals surface area (Å²) in [6, 6.07) is -0.329. The highest BCUT2D eigenvalue weighted by Crippen LogP contribution is 2.15. The van der Waals surface area contributed by atoms with Crippen LogP contribution in [0.4, 0.5) is 0 Å². The lowest BCUT2D eigenvalue weighted by Gasteiger charge is -2.34. The molecule has 100 valence electrons. The van der Waals surface area contributed by atoms with Gasteiger partial charge in [0.05, 0.1) is 12.1 Å². The van der Waals surface area contributed by atoms with E-state index in [1.165, 1.54) is 0 Å². The van der Waals surface area contributed by atoms with Crippen LogP contribution in [0.25, 0.3) is 0 Å². The molecule has 0 spiro atoms. The third kappa shape index (κ3) is 4.64. The summed E-state index contributed by atoms with van der Waals surface area (Å²) in [6.45, 7) is 6.49. The molecule has 1 heterocycles. The van der Waals surface area contributed by atoms with E-state index in [9.17, 15) is 4.79 Å². The van der Waals surface area contributed by atoms with Crippen LogP contribution in [-0.2, 0) is 9.53 Å². The summed E-state index contributed by atoms with van der Waals surface area (Å²) >= 11 is 0. The van der Waals surface area contributed by atoms with Gasteiger partial charge in [-0.3, -0.25) is 4.79 Å². The van der Waals surface area contributed by atoms with Crippen LogP contribution in [0.2, 0.25) is 0 Å². The Morgan fingerprint density at radius 2 is 2.24 bits per heavy atom. The summed E-state index contributed by atoms with van der Waals surface area (Å²) in [5.74, 6) is 0.0941. The number of hydrogen-bond acceptors (Lipinski definition) is 3. The number of nitrogens with two attached hydrogens (primary N) is 1. The molecule has 0 aliphatic carbocycles. The van der Waals surface area contributed by atoms with E-state index in [4.69, 9.17) is 10.5 Å². The van der Waals surface area contributed by atoms with E-state index in [2.05, 4.69) is 13.8 Å². The van der Waals surface area contributed by atoms with Gasteiger partial charge in [0.1, 0.15) is 0 Å². The van der Waals surface area contributed by atoms with E-state index in [-0.39, 0.29) is 18.1 Å². The summed E-state index contributed by atoms with van der Waals surface area (Å²) in [5, 5.41) is 0. The lowest BCUT2D eigenvalue weighted by Crippen LogP contribution is -2.49. The first kappa shape index (κ1) is 14.5. The van der Waals surface area contributed by atoms with Crippen molar-refractivity contribution in [2.75, 3.05) is 19.7 Å². The smallest absolute Gasteiger partial charge is 0.239 e. The van der Waals surface area contributed by atoms with Crippen molar-refractivity contribution in [2.45, 2.75) is 58.1 Å². The van der Waals surface area contributed by atoms with Crippen LogP contribution >= 0.6 is 0 Å². The molecule has 1 aliphatic rings. The van der Waals surface area contributed by atoms with Gasteiger partial charge in [-0.15, -0.1) is 0 Å². The molecule has 1 aliphatic heterocycles. The number of carbonyl (C=O) groups excluding carboxylic acids is 1. The third-order valence-corrected chi connectivity index (χ3v) is 3.16. The van der Waals surface area contributed by atoms with Crippen LogP contribution in [0.1, 0.15) is 46.0 Å². The van der Waals surface area contributed by atoms with Crippen LogP contribution in [-0.4, -0.2) is 42.6 Å². The van der Waals surface area contributed by atoms with Gasteiger partial charge in [-0.1, -0.05) is 20.3 Å². The molecule has 0 aromatic carbocycles. The molecular formula is C13H26N2O2. The molecule has 2 atom stereocenters. The standard InChI is InChI=1S/C13H26N2O2/c1-3-6-12(14)13(16)15-8-5-7-11(10-15)17-9-4-2/h11-12H,3-10,14H2,1-2H3. The molecule has 1 rings (SSSR count). The SMILES string of the molecule is CCCOC1CCCN(C(=O)C(N)CCC)C1. The summed E-state index contributed by atoms with van der Waals surface area (Å²) < 4.78 is 5.72. The lowest BCUT2D eigenvalue weighted by atomic mass is 10.1. The average molecular weight is 242 g/mol. The van der Waals surface area contributed by atoms with E-state index in [0.29, 0.717) is 0 Å². The highest BCUT2D eigenvalue weighted by molar-refractivity contribution is 5.81. The molecule has 1 saturated heterocycles. The monoisotopic (exact) mass is 242 g/mol. The maximum Gasteiger partial charge on any atom is 0.239 e. The summed E-state index contributed by atoms with van der Waals surface area (Å²) in [4.78, 5) is 13.9. The molecule has 2 N–H and O–H groups in total. The number of amides is 1. The van der Waals surface area contributed by atoms with Crippen LogP contribution < -0.4 is 5.73 Å². The number of likely N-dealkylation sites (tertiary alicyclic amines) is 1. The fraction of sp³-hybridized carbons (Fsp3) is 0.923. The number of rotatable bonds is 6. The van der Waals surface area contributed by atoms with Crippen molar-refractivity contribution < 1.29 is 9.53 Å². The summed E-state index contributed by atoms with van der Waals surface area (Å²) in [5.41, 5.74) is 5.87. The van der Waals surface area contributed by atoms with Gasteiger partial charge >= 0.3 is 0 Å². The van der Waals surface area contributed by atoms with Crippen molar-refractivity contribution in [3.63, 3.8) is 0 Å². The maximum absolute atomic E-state index is 12.1. The van der Waals surface area contributed by atoms with Gasteiger partial charge in [0.25, 0.3) is 0 Å². The molecule has 1 fully saturated rings. The fourth-order valence-electron chi connectivity index (χ4n) is 2.23. The molecular weight excluding hydrogens is 216 g/mol. The van der Waals surface area contributed by atoms with Crippen molar-refractivity contribution in [3.05, 3.63) is 0 Å². The number of piperidine rings is 1. The Balaban J connectivity index is 2.39. The van der Waals surface area contributed by atoms with E-state index in [1.807, 2.05) is 4.90 Å². The average Bonchev–Trinajstić information content (AvgIpc) is 2.36. The zero-order valence-electron chi connectivity index (χ0n) is 11.2. The van der Waals surface area contributed by atoms with Crippen molar-refractivity contribution in [3.8, 4) is 0 Å². The molecule has 0 saturated carbocycles. The van der Waals surface area contributed by atoms with Crippen LogP contribution in [0, 0.1) is 0 Å². The second kappa shape index (κ2) is 7.67.